The minimum atomic E-state index is -3.95. The Morgan fingerprint density at radius 2 is 2.08 bits per heavy atom. The highest BCUT2D eigenvalue weighted by molar-refractivity contribution is 7.89. The third kappa shape index (κ3) is 4.99. The minimum absolute atomic E-state index is 0.0186. The Kier molecular flexibility index (Phi) is 6.57. The molecular weight excluding hydrogens is 556 g/mol. The number of morpholine rings is 1. The molecule has 6 rings (SSSR count). The minimum Gasteiger partial charge on any atom is -0.396 e. The first-order chi connectivity index (χ1) is 18.6. The highest BCUT2D eigenvalue weighted by Gasteiger charge is 2.42. The van der Waals surface area contributed by atoms with E-state index < -0.39 is 33.1 Å². The predicted octanol–water partition coefficient (Wildman–Crippen LogP) is 1.28. The molecule has 0 spiro atoms. The van der Waals surface area contributed by atoms with Crippen LogP contribution in [0.3, 0.4) is 0 Å². The van der Waals surface area contributed by atoms with E-state index >= 15 is 0 Å². The quantitative estimate of drug-likeness (QED) is 0.401. The summed E-state index contributed by atoms with van der Waals surface area (Å²) in [5.74, 6) is 0.0593. The zero-order valence-electron chi connectivity index (χ0n) is 21.0. The third-order valence-electron chi connectivity index (χ3n) is 7.31. The number of carbonyl (C=O) groups excluding carboxylic acids is 1. The van der Waals surface area contributed by atoms with E-state index in [0.717, 1.165) is 12.8 Å². The van der Waals surface area contributed by atoms with Gasteiger partial charge in [0.05, 0.1) is 30.6 Å². The number of carbonyl (C=O) groups is 1. The Hall–Kier alpha value is -2.79. The number of ether oxygens (including phenoxy) is 1. The second-order valence-corrected chi connectivity index (χ2v) is 13.1. The topological polar surface area (TPSA) is 142 Å². The highest BCUT2D eigenvalue weighted by atomic mass is 32.2. The van der Waals surface area contributed by atoms with Crippen molar-refractivity contribution in [1.29, 1.82) is 0 Å². The van der Waals surface area contributed by atoms with Crippen LogP contribution in [-0.4, -0.2) is 94.9 Å². The van der Waals surface area contributed by atoms with E-state index in [9.17, 15) is 27.1 Å². The molecular formula is C23H27F2N7O5S2. The number of nitrogens with one attached hydrogen (secondary N) is 1. The molecule has 3 aromatic rings. The normalized spacial score (nSPS) is 21.5. The first-order valence-corrected chi connectivity index (χ1v) is 14.8. The number of hydrogen-bond acceptors (Lipinski definition) is 10. The second-order valence-electron chi connectivity index (χ2n) is 10.4. The van der Waals surface area contributed by atoms with Gasteiger partial charge in [0.15, 0.2) is 21.9 Å². The number of fused-ring (bicyclic) bond motifs is 1. The fourth-order valence-corrected chi connectivity index (χ4v) is 6.96. The van der Waals surface area contributed by atoms with Gasteiger partial charge in [-0.15, -0.1) is 10.2 Å². The van der Waals surface area contributed by atoms with Crippen LogP contribution in [0.25, 0.3) is 16.3 Å². The van der Waals surface area contributed by atoms with Crippen LogP contribution < -0.4 is 9.62 Å². The van der Waals surface area contributed by atoms with E-state index in [1.807, 2.05) is 11.8 Å². The zero-order valence-corrected chi connectivity index (χ0v) is 22.6. The molecule has 0 unspecified atom stereocenters. The summed E-state index contributed by atoms with van der Waals surface area (Å²) in [6.07, 6.45) is 0.810. The van der Waals surface area contributed by atoms with E-state index in [1.54, 1.807) is 4.90 Å². The van der Waals surface area contributed by atoms with Crippen LogP contribution in [0.5, 0.6) is 0 Å². The Balaban J connectivity index is 1.39. The number of likely N-dealkylation sites (tertiary alicyclic amines) is 1. The SMILES string of the molecule is CC1(NS(=O)(=O)c2cc(N3CCO[C@H](C(=O)N4CC(CO)C4)C3)c3cnc(-c4nnc(C(F)F)s4)n3c2)CC1. The molecule has 2 aliphatic heterocycles. The van der Waals surface area contributed by atoms with Crippen molar-refractivity contribution in [2.24, 2.45) is 5.92 Å². The molecule has 3 fully saturated rings. The van der Waals surface area contributed by atoms with Crippen molar-refractivity contribution < 1.29 is 31.8 Å². The fraction of sp³-hybridized carbons (Fsp3) is 0.565. The van der Waals surface area contributed by atoms with Crippen molar-refractivity contribution >= 4 is 38.5 Å². The number of aromatic nitrogens is 4. The number of imidazole rings is 1. The molecule has 39 heavy (non-hydrogen) atoms. The largest absolute Gasteiger partial charge is 0.396 e. The van der Waals surface area contributed by atoms with Gasteiger partial charge in [0, 0.05) is 43.9 Å². The van der Waals surface area contributed by atoms with Crippen molar-refractivity contribution in [3.05, 3.63) is 23.5 Å². The average molecular weight is 584 g/mol. The summed E-state index contributed by atoms with van der Waals surface area (Å²) in [6.45, 7) is 3.58. The molecule has 3 aromatic heterocycles. The summed E-state index contributed by atoms with van der Waals surface area (Å²) in [6, 6.07) is 1.54. The molecule has 12 nitrogen and oxygen atoms in total. The average Bonchev–Trinajstić information content (AvgIpc) is 3.25. The van der Waals surface area contributed by atoms with Gasteiger partial charge >= 0.3 is 0 Å². The van der Waals surface area contributed by atoms with Crippen LogP contribution in [0.4, 0.5) is 14.5 Å². The van der Waals surface area contributed by atoms with Crippen molar-refractivity contribution in [3.63, 3.8) is 0 Å². The van der Waals surface area contributed by atoms with Gasteiger partial charge in [-0.1, -0.05) is 11.3 Å². The number of amides is 1. The number of anilines is 1. The Labute approximate surface area is 226 Å². The Bertz CT molecular complexity index is 1520. The van der Waals surface area contributed by atoms with Crippen LogP contribution in [0.2, 0.25) is 0 Å². The van der Waals surface area contributed by atoms with Crippen LogP contribution in [0.1, 0.15) is 31.2 Å². The maximum atomic E-state index is 13.4. The number of aliphatic hydroxyl groups excluding tert-OH is 1. The molecule has 210 valence electrons. The number of alkyl halides is 2. The summed E-state index contributed by atoms with van der Waals surface area (Å²) in [5, 5.41) is 16.3. The number of pyridine rings is 1. The van der Waals surface area contributed by atoms with E-state index in [0.29, 0.717) is 42.2 Å². The maximum absolute atomic E-state index is 13.4. The van der Waals surface area contributed by atoms with Gasteiger partial charge in [-0.25, -0.2) is 26.9 Å². The van der Waals surface area contributed by atoms with Crippen molar-refractivity contribution in [2.45, 2.75) is 42.7 Å². The first kappa shape index (κ1) is 26.4. The number of nitrogens with zero attached hydrogens (tertiary/aromatic N) is 6. The number of hydrogen-bond donors (Lipinski definition) is 2. The lowest BCUT2D eigenvalue weighted by Gasteiger charge is -2.42. The summed E-state index contributed by atoms with van der Waals surface area (Å²) >= 11 is 0.685. The monoisotopic (exact) mass is 583 g/mol. The zero-order chi connectivity index (χ0) is 27.5. The molecule has 2 saturated heterocycles. The molecule has 0 aromatic carbocycles. The van der Waals surface area contributed by atoms with Gasteiger partial charge in [-0.05, 0) is 25.8 Å². The predicted molar refractivity (Wildman–Crippen MR) is 136 cm³/mol. The molecule has 0 radical (unpaired) electrons. The van der Waals surface area contributed by atoms with Gasteiger partial charge in [-0.3, -0.25) is 9.20 Å². The number of aliphatic hydroxyl groups is 1. The molecule has 5 heterocycles. The molecule has 0 bridgehead atoms. The number of sulfonamides is 1. The van der Waals surface area contributed by atoms with Crippen molar-refractivity contribution in [2.75, 3.05) is 44.3 Å². The van der Waals surface area contributed by atoms with E-state index in [2.05, 4.69) is 19.9 Å². The Morgan fingerprint density at radius 1 is 1.31 bits per heavy atom. The van der Waals surface area contributed by atoms with Crippen molar-refractivity contribution in [1.82, 2.24) is 29.2 Å². The van der Waals surface area contributed by atoms with Gasteiger partial charge in [0.2, 0.25) is 10.0 Å². The van der Waals surface area contributed by atoms with E-state index in [4.69, 9.17) is 4.74 Å². The Morgan fingerprint density at radius 3 is 2.74 bits per heavy atom. The van der Waals surface area contributed by atoms with Crippen LogP contribution in [-0.2, 0) is 19.6 Å². The standard InChI is InChI=1S/C23H27F2N7O5S2/c1-23(2-3-23)29-39(35,36)14-6-15(30-4-5-37-17(11-30)22(34)31-8-13(9-31)12-33)16-7-26-19(32(16)10-14)21-28-27-20(38-21)18(24)25/h6-7,10,13,17-18,29,33H,2-5,8-9,11-12H2,1H3/t17-/m0/s1. The molecule has 1 atom stereocenters. The van der Waals surface area contributed by atoms with Gasteiger partial charge in [0.25, 0.3) is 12.3 Å². The van der Waals surface area contributed by atoms with Gasteiger partial charge in [0.1, 0.15) is 4.90 Å². The van der Waals surface area contributed by atoms with Crippen LogP contribution >= 0.6 is 11.3 Å². The smallest absolute Gasteiger partial charge is 0.291 e. The summed E-state index contributed by atoms with van der Waals surface area (Å²) in [5.41, 5.74) is 0.513. The molecule has 16 heteroatoms. The highest BCUT2D eigenvalue weighted by Crippen LogP contribution is 2.38. The number of rotatable bonds is 8. The lowest BCUT2D eigenvalue weighted by molar-refractivity contribution is -0.151. The summed E-state index contributed by atoms with van der Waals surface area (Å²) in [4.78, 5) is 20.9. The van der Waals surface area contributed by atoms with Gasteiger partial charge < -0.3 is 19.6 Å². The molecule has 1 amide bonds. The van der Waals surface area contributed by atoms with E-state index in [1.165, 1.54) is 22.9 Å². The number of halogens is 2. The van der Waals surface area contributed by atoms with Crippen LogP contribution in [0, 0.1) is 5.92 Å². The molecule has 1 saturated carbocycles. The molecule has 2 N–H and O–H groups in total. The molecule has 3 aliphatic rings. The summed E-state index contributed by atoms with van der Waals surface area (Å²) < 4.78 is 63.2. The van der Waals surface area contributed by atoms with E-state index in [-0.39, 0.29) is 47.3 Å². The molecule has 1 aliphatic carbocycles. The summed E-state index contributed by atoms with van der Waals surface area (Å²) in [7, 11) is -3.95. The second kappa shape index (κ2) is 9.69. The lowest BCUT2D eigenvalue weighted by atomic mass is 10.0. The van der Waals surface area contributed by atoms with Crippen molar-refractivity contribution in [3.8, 4) is 10.8 Å². The van der Waals surface area contributed by atoms with Crippen LogP contribution in [0.15, 0.2) is 23.4 Å². The fourth-order valence-electron chi connectivity index (χ4n) is 4.79. The first-order valence-electron chi connectivity index (χ1n) is 12.5. The third-order valence-corrected chi connectivity index (χ3v) is 9.85. The lowest BCUT2D eigenvalue weighted by Crippen LogP contribution is -2.58. The maximum Gasteiger partial charge on any atom is 0.291 e. The van der Waals surface area contributed by atoms with Gasteiger partial charge in [-0.2, -0.15) is 0 Å².